The Labute approximate surface area is 124 Å². The second-order valence-electron chi connectivity index (χ2n) is 4.50. The minimum Gasteiger partial charge on any atom is -0.465 e. The van der Waals surface area contributed by atoms with E-state index < -0.39 is 23.8 Å². The first-order chi connectivity index (χ1) is 10.0. The molecule has 0 aliphatic heterocycles. The number of carbonyl (C=O) groups is 2. The van der Waals surface area contributed by atoms with Crippen molar-refractivity contribution in [2.24, 2.45) is 5.92 Å². The molecule has 112 valence electrons. The summed E-state index contributed by atoms with van der Waals surface area (Å²) in [4.78, 5) is 24.1. The topological polar surface area (TPSA) is 76.4 Å². The third kappa shape index (κ3) is 4.32. The molecule has 1 rings (SSSR count). The van der Waals surface area contributed by atoms with Gasteiger partial charge in [-0.25, -0.2) is 0 Å². The van der Waals surface area contributed by atoms with Crippen molar-refractivity contribution in [3.8, 4) is 6.07 Å². The van der Waals surface area contributed by atoms with E-state index in [4.69, 9.17) is 9.47 Å². The molecule has 5 nitrogen and oxygen atoms in total. The van der Waals surface area contributed by atoms with Gasteiger partial charge in [0.15, 0.2) is 5.92 Å². The van der Waals surface area contributed by atoms with E-state index in [9.17, 15) is 14.9 Å². The summed E-state index contributed by atoms with van der Waals surface area (Å²) in [6.45, 7) is 5.49. The summed E-state index contributed by atoms with van der Waals surface area (Å²) in [5.74, 6) is -3.66. The predicted molar refractivity (Wildman–Crippen MR) is 76.3 cm³/mol. The number of carbonyl (C=O) groups excluding carboxylic acids is 2. The maximum atomic E-state index is 12.0. The van der Waals surface area contributed by atoms with E-state index in [-0.39, 0.29) is 13.2 Å². The summed E-state index contributed by atoms with van der Waals surface area (Å²) < 4.78 is 9.82. The van der Waals surface area contributed by atoms with Crippen LogP contribution in [0.15, 0.2) is 24.3 Å². The second kappa shape index (κ2) is 8.05. The monoisotopic (exact) mass is 289 g/mol. The number of hydrogen-bond acceptors (Lipinski definition) is 5. The number of nitriles is 1. The van der Waals surface area contributed by atoms with Crippen molar-refractivity contribution in [3.05, 3.63) is 35.4 Å². The van der Waals surface area contributed by atoms with Crippen LogP contribution in [0.4, 0.5) is 0 Å². The minimum absolute atomic E-state index is 0.140. The number of benzene rings is 1. The van der Waals surface area contributed by atoms with Gasteiger partial charge in [0.2, 0.25) is 0 Å². The summed E-state index contributed by atoms with van der Waals surface area (Å²) >= 11 is 0. The number of nitrogens with zero attached hydrogens (tertiary/aromatic N) is 1. The van der Waals surface area contributed by atoms with E-state index in [2.05, 4.69) is 0 Å². The van der Waals surface area contributed by atoms with Gasteiger partial charge in [-0.2, -0.15) is 5.26 Å². The van der Waals surface area contributed by atoms with Gasteiger partial charge in [-0.1, -0.05) is 29.8 Å². The number of aryl methyl sites for hydroxylation is 1. The van der Waals surface area contributed by atoms with Crippen LogP contribution in [-0.2, 0) is 19.1 Å². The van der Waals surface area contributed by atoms with Gasteiger partial charge in [0.25, 0.3) is 0 Å². The van der Waals surface area contributed by atoms with Crippen LogP contribution >= 0.6 is 0 Å². The van der Waals surface area contributed by atoms with Gasteiger partial charge in [-0.3, -0.25) is 9.59 Å². The van der Waals surface area contributed by atoms with Crippen molar-refractivity contribution in [2.75, 3.05) is 13.2 Å². The fourth-order valence-corrected chi connectivity index (χ4v) is 1.95. The van der Waals surface area contributed by atoms with E-state index in [0.29, 0.717) is 5.56 Å². The lowest BCUT2D eigenvalue weighted by molar-refractivity contribution is -0.162. The highest BCUT2D eigenvalue weighted by atomic mass is 16.6. The lowest BCUT2D eigenvalue weighted by Gasteiger charge is -2.19. The standard InChI is InChI=1S/C16H19NO4/c1-4-20-15(18)14(16(19)21-5-2)13(10-17)12-8-6-11(3)7-9-12/h6-9,13-14H,4-5H2,1-3H3. The molecule has 21 heavy (non-hydrogen) atoms. The van der Waals surface area contributed by atoms with Gasteiger partial charge in [-0.05, 0) is 26.3 Å². The molecule has 0 aliphatic carbocycles. The van der Waals surface area contributed by atoms with Gasteiger partial charge < -0.3 is 9.47 Å². The molecule has 0 saturated heterocycles. The summed E-state index contributed by atoms with van der Waals surface area (Å²) in [6, 6.07) is 9.13. The molecule has 0 spiro atoms. The normalized spacial score (nSPS) is 11.6. The zero-order valence-electron chi connectivity index (χ0n) is 12.5. The van der Waals surface area contributed by atoms with E-state index >= 15 is 0 Å². The zero-order valence-corrected chi connectivity index (χ0v) is 12.5. The van der Waals surface area contributed by atoms with Crippen LogP contribution in [0.5, 0.6) is 0 Å². The first-order valence-corrected chi connectivity index (χ1v) is 6.84. The Kier molecular flexibility index (Phi) is 6.41. The maximum Gasteiger partial charge on any atom is 0.322 e. The third-order valence-corrected chi connectivity index (χ3v) is 2.99. The van der Waals surface area contributed by atoms with Crippen LogP contribution < -0.4 is 0 Å². The molecule has 1 unspecified atom stereocenters. The van der Waals surface area contributed by atoms with E-state index in [1.807, 2.05) is 25.1 Å². The molecule has 1 aromatic rings. The van der Waals surface area contributed by atoms with Gasteiger partial charge in [0.1, 0.15) is 0 Å². The van der Waals surface area contributed by atoms with Crippen LogP contribution in [0.1, 0.15) is 30.9 Å². The molecular weight excluding hydrogens is 270 g/mol. The van der Waals surface area contributed by atoms with Gasteiger partial charge in [-0.15, -0.1) is 0 Å². The van der Waals surface area contributed by atoms with Gasteiger partial charge >= 0.3 is 11.9 Å². The van der Waals surface area contributed by atoms with Crippen LogP contribution in [0.2, 0.25) is 0 Å². The maximum absolute atomic E-state index is 12.0. The molecule has 0 fully saturated rings. The molecule has 1 aromatic carbocycles. The van der Waals surface area contributed by atoms with Crippen molar-refractivity contribution in [3.63, 3.8) is 0 Å². The van der Waals surface area contributed by atoms with Crippen molar-refractivity contribution in [1.29, 1.82) is 5.26 Å². The number of esters is 2. The van der Waals surface area contributed by atoms with E-state index in [1.165, 1.54) is 0 Å². The van der Waals surface area contributed by atoms with Gasteiger partial charge in [0.05, 0.1) is 25.2 Å². The minimum atomic E-state index is -1.27. The molecule has 0 heterocycles. The summed E-state index contributed by atoms with van der Waals surface area (Å²) in [7, 11) is 0. The number of hydrogen-bond donors (Lipinski definition) is 0. The molecule has 0 amide bonds. The molecule has 0 saturated carbocycles. The first kappa shape index (κ1) is 16.7. The highest BCUT2D eigenvalue weighted by Crippen LogP contribution is 2.27. The molecule has 0 bridgehead atoms. The molecule has 0 N–H and O–H groups in total. The van der Waals surface area contributed by atoms with Crippen molar-refractivity contribution < 1.29 is 19.1 Å². The largest absolute Gasteiger partial charge is 0.465 e. The number of ether oxygens (including phenoxy) is 2. The number of rotatable bonds is 6. The van der Waals surface area contributed by atoms with Crippen LogP contribution in [-0.4, -0.2) is 25.2 Å². The van der Waals surface area contributed by atoms with E-state index in [0.717, 1.165) is 5.56 Å². The molecule has 5 heteroatoms. The second-order valence-corrected chi connectivity index (χ2v) is 4.50. The van der Waals surface area contributed by atoms with E-state index in [1.54, 1.807) is 26.0 Å². The lowest BCUT2D eigenvalue weighted by atomic mass is 9.86. The van der Waals surface area contributed by atoms with Crippen LogP contribution in [0, 0.1) is 24.2 Å². The van der Waals surface area contributed by atoms with Crippen LogP contribution in [0.25, 0.3) is 0 Å². The smallest absolute Gasteiger partial charge is 0.322 e. The molecule has 0 radical (unpaired) electrons. The molecule has 1 atom stereocenters. The lowest BCUT2D eigenvalue weighted by Crippen LogP contribution is -2.33. The first-order valence-electron chi connectivity index (χ1n) is 6.84. The Bertz CT molecular complexity index is 512. The highest BCUT2D eigenvalue weighted by Gasteiger charge is 2.38. The summed E-state index contributed by atoms with van der Waals surface area (Å²) in [5, 5.41) is 9.39. The molecular formula is C16H19NO4. The average Bonchev–Trinajstić information content (AvgIpc) is 2.46. The Morgan fingerprint density at radius 3 is 1.95 bits per heavy atom. The van der Waals surface area contributed by atoms with Crippen molar-refractivity contribution in [1.82, 2.24) is 0 Å². The Hall–Kier alpha value is -2.35. The fraction of sp³-hybridized carbons (Fsp3) is 0.438. The Morgan fingerprint density at radius 2 is 1.57 bits per heavy atom. The molecule has 0 aromatic heterocycles. The quantitative estimate of drug-likeness (QED) is 0.593. The Morgan fingerprint density at radius 1 is 1.10 bits per heavy atom. The van der Waals surface area contributed by atoms with Crippen molar-refractivity contribution in [2.45, 2.75) is 26.7 Å². The summed E-state index contributed by atoms with van der Waals surface area (Å²) in [6.07, 6.45) is 0. The third-order valence-electron chi connectivity index (χ3n) is 2.99. The van der Waals surface area contributed by atoms with Crippen LogP contribution in [0.3, 0.4) is 0 Å². The fourth-order valence-electron chi connectivity index (χ4n) is 1.95. The Balaban J connectivity index is 3.14. The zero-order chi connectivity index (χ0) is 15.8. The summed E-state index contributed by atoms with van der Waals surface area (Å²) in [5.41, 5.74) is 1.62. The molecule has 0 aliphatic rings. The predicted octanol–water partition coefficient (Wildman–Crippen LogP) is 2.34. The SMILES string of the molecule is CCOC(=O)C(C(=O)OCC)C(C#N)c1ccc(C)cc1. The van der Waals surface area contributed by atoms with Gasteiger partial charge in [0, 0.05) is 0 Å². The highest BCUT2D eigenvalue weighted by molar-refractivity contribution is 5.96. The van der Waals surface area contributed by atoms with Crippen molar-refractivity contribution >= 4 is 11.9 Å². The average molecular weight is 289 g/mol.